The molecule has 1 atom stereocenters. The van der Waals surface area contributed by atoms with Crippen molar-refractivity contribution in [1.82, 2.24) is 10.2 Å². The van der Waals surface area contributed by atoms with E-state index in [1.807, 2.05) is 49.4 Å². The van der Waals surface area contributed by atoms with Crippen molar-refractivity contribution in [3.8, 4) is 5.75 Å². The van der Waals surface area contributed by atoms with Gasteiger partial charge in [-0.25, -0.2) is 0 Å². The molecule has 0 bridgehead atoms. The Bertz CT molecular complexity index is 755. The lowest BCUT2D eigenvalue weighted by Crippen LogP contribution is -2.20. The third kappa shape index (κ3) is 3.76. The van der Waals surface area contributed by atoms with E-state index < -0.39 is 6.10 Å². The van der Waals surface area contributed by atoms with E-state index in [1.54, 1.807) is 0 Å². The molecular weight excluding hydrogens is 316 g/mol. The Morgan fingerprint density at radius 1 is 1.18 bits per heavy atom. The van der Waals surface area contributed by atoms with E-state index in [0.717, 1.165) is 25.9 Å². The van der Waals surface area contributed by atoms with Crippen molar-refractivity contribution in [2.24, 2.45) is 0 Å². The van der Waals surface area contributed by atoms with Crippen LogP contribution in [0.1, 0.15) is 5.01 Å². The molecule has 0 aliphatic carbocycles. The summed E-state index contributed by atoms with van der Waals surface area (Å²) in [6, 6.07) is 14.0. The van der Waals surface area contributed by atoms with Crippen LogP contribution in [0, 0.1) is 6.92 Å². The highest BCUT2D eigenvalue weighted by Gasteiger charge is 2.10. The molecule has 1 unspecified atom stereocenters. The van der Waals surface area contributed by atoms with Gasteiger partial charge in [0.1, 0.15) is 17.4 Å². The van der Waals surface area contributed by atoms with Gasteiger partial charge in [0.15, 0.2) is 4.34 Å². The Morgan fingerprint density at radius 3 is 2.82 bits per heavy atom. The number of benzene rings is 2. The van der Waals surface area contributed by atoms with Crippen LogP contribution in [0.5, 0.6) is 5.75 Å². The van der Waals surface area contributed by atoms with Gasteiger partial charge in [-0.2, -0.15) is 0 Å². The zero-order valence-electron chi connectivity index (χ0n) is 12.1. The summed E-state index contributed by atoms with van der Waals surface area (Å²) >= 11 is 3.04. The highest BCUT2D eigenvalue weighted by Crippen LogP contribution is 2.26. The van der Waals surface area contributed by atoms with Gasteiger partial charge in [-0.15, -0.1) is 10.2 Å². The van der Waals surface area contributed by atoms with Crippen LogP contribution in [0.15, 0.2) is 46.8 Å². The number of rotatable bonds is 6. The minimum atomic E-state index is -0.548. The smallest absolute Gasteiger partial charge is 0.174 e. The Balaban J connectivity index is 1.57. The molecule has 3 aromatic rings. The quantitative estimate of drug-likeness (QED) is 0.700. The van der Waals surface area contributed by atoms with Crippen molar-refractivity contribution >= 4 is 33.9 Å². The number of hydrogen-bond donors (Lipinski definition) is 1. The number of aliphatic hydroxyl groups excluding tert-OH is 1. The fourth-order valence-electron chi connectivity index (χ4n) is 2.06. The minimum absolute atomic E-state index is 0.263. The molecule has 0 saturated heterocycles. The van der Waals surface area contributed by atoms with E-state index in [4.69, 9.17) is 4.74 Å². The first-order valence-corrected chi connectivity index (χ1v) is 8.74. The van der Waals surface area contributed by atoms with Crippen LogP contribution in [-0.2, 0) is 0 Å². The van der Waals surface area contributed by atoms with Crippen molar-refractivity contribution in [3.05, 3.63) is 47.5 Å². The average molecular weight is 332 g/mol. The van der Waals surface area contributed by atoms with Gasteiger partial charge < -0.3 is 9.84 Å². The molecule has 1 aromatic heterocycles. The highest BCUT2D eigenvalue weighted by molar-refractivity contribution is 8.01. The van der Waals surface area contributed by atoms with Crippen molar-refractivity contribution in [2.75, 3.05) is 12.4 Å². The summed E-state index contributed by atoms with van der Waals surface area (Å²) < 4.78 is 6.66. The van der Waals surface area contributed by atoms with Gasteiger partial charge in [-0.3, -0.25) is 0 Å². The van der Waals surface area contributed by atoms with Gasteiger partial charge >= 0.3 is 0 Å². The van der Waals surface area contributed by atoms with Crippen LogP contribution in [-0.4, -0.2) is 33.8 Å². The van der Waals surface area contributed by atoms with Gasteiger partial charge in [-0.05, 0) is 18.4 Å². The first kappa shape index (κ1) is 15.3. The molecule has 1 N–H and O–H groups in total. The fourth-order valence-corrected chi connectivity index (χ4v) is 3.81. The lowest BCUT2D eigenvalue weighted by Gasteiger charge is -2.13. The van der Waals surface area contributed by atoms with Crippen LogP contribution in [0.4, 0.5) is 0 Å². The second-order valence-corrected chi connectivity index (χ2v) is 7.29. The van der Waals surface area contributed by atoms with Crippen LogP contribution in [0.2, 0.25) is 0 Å². The molecule has 0 spiro atoms. The number of aryl methyl sites for hydroxylation is 1. The third-order valence-corrected chi connectivity index (χ3v) is 5.20. The molecule has 114 valence electrons. The first-order chi connectivity index (χ1) is 10.7. The van der Waals surface area contributed by atoms with Crippen molar-refractivity contribution in [3.63, 3.8) is 0 Å². The van der Waals surface area contributed by atoms with Gasteiger partial charge in [0.2, 0.25) is 0 Å². The molecule has 0 saturated carbocycles. The zero-order valence-corrected chi connectivity index (χ0v) is 13.7. The van der Waals surface area contributed by atoms with Crippen molar-refractivity contribution < 1.29 is 9.84 Å². The largest absolute Gasteiger partial charge is 0.490 e. The number of fused-ring (bicyclic) bond motifs is 1. The van der Waals surface area contributed by atoms with Gasteiger partial charge in [0.25, 0.3) is 0 Å². The Labute approximate surface area is 137 Å². The Kier molecular flexibility index (Phi) is 4.92. The number of ether oxygens (including phenoxy) is 1. The summed E-state index contributed by atoms with van der Waals surface area (Å²) in [4.78, 5) is 0. The number of aliphatic hydroxyl groups is 1. The van der Waals surface area contributed by atoms with E-state index in [-0.39, 0.29) is 6.61 Å². The summed E-state index contributed by atoms with van der Waals surface area (Å²) in [6.45, 7) is 2.18. The van der Waals surface area contributed by atoms with Crippen LogP contribution >= 0.6 is 23.1 Å². The molecule has 0 amide bonds. The maximum absolute atomic E-state index is 10.1. The highest BCUT2D eigenvalue weighted by atomic mass is 32.2. The van der Waals surface area contributed by atoms with E-state index >= 15 is 0 Å². The summed E-state index contributed by atoms with van der Waals surface area (Å²) in [5.41, 5.74) is 0. The SMILES string of the molecule is Cc1nnc(SCC(O)COc2cccc3ccccc23)s1. The van der Waals surface area contributed by atoms with Gasteiger partial charge in [0.05, 0.1) is 6.10 Å². The third-order valence-electron chi connectivity index (χ3n) is 3.09. The summed E-state index contributed by atoms with van der Waals surface area (Å²) in [6.07, 6.45) is -0.548. The summed E-state index contributed by atoms with van der Waals surface area (Å²) in [7, 11) is 0. The van der Waals surface area contributed by atoms with Gasteiger partial charge in [-0.1, -0.05) is 59.5 Å². The number of hydrogen-bond acceptors (Lipinski definition) is 6. The monoisotopic (exact) mass is 332 g/mol. The molecule has 0 fully saturated rings. The molecule has 2 aromatic carbocycles. The predicted octanol–water partition coefficient (Wildman–Crippen LogP) is 3.53. The zero-order chi connectivity index (χ0) is 15.4. The molecule has 4 nitrogen and oxygen atoms in total. The van der Waals surface area contributed by atoms with E-state index in [2.05, 4.69) is 10.2 Å². The second-order valence-electron chi connectivity index (χ2n) is 4.84. The molecular formula is C16H16N2O2S2. The molecule has 1 heterocycles. The number of nitrogens with zero attached hydrogens (tertiary/aromatic N) is 2. The number of thioether (sulfide) groups is 1. The topological polar surface area (TPSA) is 55.2 Å². The fraction of sp³-hybridized carbons (Fsp3) is 0.250. The Hall–Kier alpha value is -1.63. The second kappa shape index (κ2) is 7.09. The van der Waals surface area contributed by atoms with Gasteiger partial charge in [0, 0.05) is 11.1 Å². The maximum Gasteiger partial charge on any atom is 0.174 e. The number of aromatic nitrogens is 2. The summed E-state index contributed by atoms with van der Waals surface area (Å²) in [5, 5.41) is 21.2. The summed E-state index contributed by atoms with van der Waals surface area (Å²) in [5.74, 6) is 1.34. The predicted molar refractivity (Wildman–Crippen MR) is 90.8 cm³/mol. The molecule has 0 aliphatic heterocycles. The lowest BCUT2D eigenvalue weighted by molar-refractivity contribution is 0.127. The maximum atomic E-state index is 10.1. The van der Waals surface area contributed by atoms with Crippen LogP contribution in [0.25, 0.3) is 10.8 Å². The molecule has 0 radical (unpaired) electrons. The lowest BCUT2D eigenvalue weighted by atomic mass is 10.1. The molecule has 22 heavy (non-hydrogen) atoms. The molecule has 0 aliphatic rings. The van der Waals surface area contributed by atoms with Crippen LogP contribution in [0.3, 0.4) is 0 Å². The standard InChI is InChI=1S/C16H16N2O2S2/c1-11-17-18-16(22-11)21-10-13(19)9-20-15-8-4-6-12-5-2-3-7-14(12)15/h2-8,13,19H,9-10H2,1H3. The molecule has 3 rings (SSSR count). The normalized spacial score (nSPS) is 12.5. The van der Waals surface area contributed by atoms with E-state index in [9.17, 15) is 5.11 Å². The molecule has 6 heteroatoms. The van der Waals surface area contributed by atoms with E-state index in [1.165, 1.54) is 23.1 Å². The van der Waals surface area contributed by atoms with Crippen molar-refractivity contribution in [1.29, 1.82) is 0 Å². The van der Waals surface area contributed by atoms with E-state index in [0.29, 0.717) is 5.75 Å². The first-order valence-electron chi connectivity index (χ1n) is 6.94. The minimum Gasteiger partial charge on any atom is -0.490 e. The Morgan fingerprint density at radius 2 is 2.00 bits per heavy atom. The average Bonchev–Trinajstić information content (AvgIpc) is 2.96. The van der Waals surface area contributed by atoms with Crippen molar-refractivity contribution in [2.45, 2.75) is 17.4 Å². The van der Waals surface area contributed by atoms with Crippen LogP contribution < -0.4 is 4.74 Å².